The number of hydrogen-bond donors (Lipinski definition) is 0. The summed E-state index contributed by atoms with van der Waals surface area (Å²) in [7, 11) is 0. The van der Waals surface area contributed by atoms with Crippen molar-refractivity contribution in [3.8, 4) is 22.5 Å². The lowest BCUT2D eigenvalue weighted by Gasteiger charge is -2.14. The van der Waals surface area contributed by atoms with E-state index in [1.165, 1.54) is 0 Å². The third kappa shape index (κ3) is 3.93. The second kappa shape index (κ2) is 7.96. The van der Waals surface area contributed by atoms with Crippen molar-refractivity contribution in [2.45, 2.75) is 12.4 Å². The molecule has 0 aliphatic rings. The van der Waals surface area contributed by atoms with E-state index in [0.29, 0.717) is 24.3 Å². The van der Waals surface area contributed by atoms with Gasteiger partial charge < -0.3 is 0 Å². The van der Waals surface area contributed by atoms with Crippen LogP contribution < -0.4 is 0 Å². The third-order valence-corrected chi connectivity index (χ3v) is 4.96. The first kappa shape index (κ1) is 23.5. The van der Waals surface area contributed by atoms with Crippen LogP contribution in [0.25, 0.3) is 33.3 Å². The average Bonchev–Trinajstić information content (AvgIpc) is 2.79. The van der Waals surface area contributed by atoms with Gasteiger partial charge in [-0.1, -0.05) is 24.3 Å². The molecule has 0 unspecified atom stereocenters. The van der Waals surface area contributed by atoms with Gasteiger partial charge in [0.25, 0.3) is 0 Å². The minimum atomic E-state index is -4.70. The maximum Gasteiger partial charge on any atom is 0.416 e. The highest BCUT2D eigenvalue weighted by Gasteiger charge is 2.32. The van der Waals surface area contributed by atoms with Crippen LogP contribution in [0.4, 0.5) is 43.9 Å². The van der Waals surface area contributed by atoms with E-state index in [4.69, 9.17) is 0 Å². The van der Waals surface area contributed by atoms with Gasteiger partial charge in [0.05, 0.1) is 21.9 Å². The Kier molecular flexibility index (Phi) is 5.49. The minimum absolute atomic E-state index is 0.228. The summed E-state index contributed by atoms with van der Waals surface area (Å²) in [5.41, 5.74) is -3.80. The van der Waals surface area contributed by atoms with Gasteiger partial charge in [-0.05, 0) is 24.3 Å². The van der Waals surface area contributed by atoms with Gasteiger partial charge in [0.1, 0.15) is 11.4 Å². The first-order valence-corrected chi connectivity index (χ1v) is 9.18. The van der Waals surface area contributed by atoms with Gasteiger partial charge >= 0.3 is 12.4 Å². The molecule has 1 heterocycles. The molecule has 176 valence electrons. The van der Waals surface area contributed by atoms with Gasteiger partial charge in [-0.3, -0.25) is 0 Å². The Morgan fingerprint density at radius 2 is 0.735 bits per heavy atom. The topological polar surface area (TPSA) is 25.8 Å². The molecule has 0 aliphatic heterocycles. The Hall–Kier alpha value is -3.70. The summed E-state index contributed by atoms with van der Waals surface area (Å²) in [6.45, 7) is 0. The summed E-state index contributed by atoms with van der Waals surface area (Å²) in [4.78, 5) is 0. The van der Waals surface area contributed by atoms with E-state index in [-0.39, 0.29) is 11.1 Å². The van der Waals surface area contributed by atoms with Crippen molar-refractivity contribution in [1.29, 1.82) is 0 Å². The van der Waals surface area contributed by atoms with E-state index < -0.39 is 68.9 Å². The van der Waals surface area contributed by atoms with Crippen molar-refractivity contribution in [2.24, 2.45) is 0 Å². The van der Waals surface area contributed by atoms with E-state index in [1.54, 1.807) is 0 Å². The second-order valence-corrected chi connectivity index (χ2v) is 7.05. The monoisotopic (exact) mass is 490 g/mol. The van der Waals surface area contributed by atoms with Crippen molar-refractivity contribution in [3.05, 3.63) is 82.9 Å². The van der Waals surface area contributed by atoms with Gasteiger partial charge in [0.15, 0.2) is 23.3 Å². The molecule has 0 amide bonds. The fourth-order valence-electron chi connectivity index (χ4n) is 3.31. The normalized spacial score (nSPS) is 12.4. The zero-order chi connectivity index (χ0) is 25.0. The summed E-state index contributed by atoms with van der Waals surface area (Å²) in [5.74, 6) is -8.20. The van der Waals surface area contributed by atoms with E-state index in [0.717, 1.165) is 24.3 Å². The first-order chi connectivity index (χ1) is 15.8. The molecule has 0 spiro atoms. The number of alkyl halides is 6. The Morgan fingerprint density at radius 1 is 0.441 bits per heavy atom. The maximum atomic E-state index is 14.8. The lowest BCUT2D eigenvalue weighted by Crippen LogP contribution is -2.06. The van der Waals surface area contributed by atoms with Crippen LogP contribution in [-0.4, -0.2) is 10.2 Å². The molecular formula is C22H8F10N2. The predicted molar refractivity (Wildman–Crippen MR) is 100 cm³/mol. The number of aromatic nitrogens is 2. The molecule has 0 atom stereocenters. The van der Waals surface area contributed by atoms with Crippen molar-refractivity contribution < 1.29 is 43.9 Å². The molecule has 0 bridgehead atoms. The predicted octanol–water partition coefficient (Wildman–Crippen LogP) is 7.56. The molecule has 0 aliphatic carbocycles. The average molecular weight is 490 g/mol. The van der Waals surface area contributed by atoms with Gasteiger partial charge in [0.2, 0.25) is 0 Å². The highest BCUT2D eigenvalue weighted by atomic mass is 19.4. The molecule has 2 nitrogen and oxygen atoms in total. The van der Waals surface area contributed by atoms with Crippen molar-refractivity contribution in [2.75, 3.05) is 0 Å². The molecular weight excluding hydrogens is 482 g/mol. The van der Waals surface area contributed by atoms with E-state index in [9.17, 15) is 43.9 Å². The summed E-state index contributed by atoms with van der Waals surface area (Å²) in [6, 6.07) is 5.85. The van der Waals surface area contributed by atoms with Crippen LogP contribution in [0, 0.1) is 23.3 Å². The zero-order valence-corrected chi connectivity index (χ0v) is 16.3. The Labute approximate surface area is 183 Å². The molecule has 0 N–H and O–H groups in total. The molecule has 34 heavy (non-hydrogen) atoms. The largest absolute Gasteiger partial charge is 0.416 e. The van der Waals surface area contributed by atoms with Gasteiger partial charge in [-0.25, -0.2) is 17.6 Å². The lowest BCUT2D eigenvalue weighted by atomic mass is 9.98. The molecule has 12 heteroatoms. The fourth-order valence-corrected chi connectivity index (χ4v) is 3.31. The Morgan fingerprint density at radius 3 is 1.00 bits per heavy atom. The minimum Gasteiger partial charge on any atom is -0.203 e. The number of rotatable bonds is 2. The number of fused-ring (bicyclic) bond motifs is 1. The number of halogens is 10. The zero-order valence-electron chi connectivity index (χ0n) is 16.3. The summed E-state index contributed by atoms with van der Waals surface area (Å²) >= 11 is 0. The van der Waals surface area contributed by atoms with Crippen molar-refractivity contribution >= 4 is 10.8 Å². The highest BCUT2D eigenvalue weighted by Crippen LogP contribution is 2.39. The third-order valence-electron chi connectivity index (χ3n) is 4.96. The Bertz CT molecular complexity index is 1280. The van der Waals surface area contributed by atoms with Gasteiger partial charge in [0, 0.05) is 11.1 Å². The van der Waals surface area contributed by atoms with Crippen LogP contribution in [0.15, 0.2) is 48.5 Å². The molecule has 3 aromatic carbocycles. The van der Waals surface area contributed by atoms with Crippen molar-refractivity contribution in [1.82, 2.24) is 10.2 Å². The van der Waals surface area contributed by atoms with Crippen LogP contribution in [0.2, 0.25) is 0 Å². The SMILES string of the molecule is Fc1c(F)c(F)c2c(-c3ccc(C(F)(F)F)cc3)nnc(-c3ccc(C(F)(F)F)cc3)c2c1F. The Balaban J connectivity index is 2.00. The van der Waals surface area contributed by atoms with E-state index >= 15 is 0 Å². The number of nitrogens with zero attached hydrogens (tertiary/aromatic N) is 2. The molecule has 4 aromatic rings. The van der Waals surface area contributed by atoms with Crippen LogP contribution in [0.1, 0.15) is 11.1 Å². The standard InChI is InChI=1S/C22H8F10N2/c23-15-13-14(16(24)18(26)17(15)25)20(10-3-7-12(8-4-10)22(30,31)32)34-33-19(13)9-1-5-11(6-2-9)21(27,28)29/h1-8H. The van der Waals surface area contributed by atoms with Crippen LogP contribution in [0.5, 0.6) is 0 Å². The first-order valence-electron chi connectivity index (χ1n) is 9.18. The summed E-state index contributed by atoms with van der Waals surface area (Å²) in [5, 5.41) is 5.39. The van der Waals surface area contributed by atoms with Crippen molar-refractivity contribution in [3.63, 3.8) is 0 Å². The van der Waals surface area contributed by atoms with E-state index in [1.807, 2.05) is 0 Å². The van der Waals surface area contributed by atoms with Gasteiger partial charge in [-0.15, -0.1) is 10.2 Å². The number of benzene rings is 3. The van der Waals surface area contributed by atoms with Crippen LogP contribution in [-0.2, 0) is 12.4 Å². The summed E-state index contributed by atoms with van der Waals surface area (Å²) < 4.78 is 135. The lowest BCUT2D eigenvalue weighted by molar-refractivity contribution is -0.138. The van der Waals surface area contributed by atoms with Crippen LogP contribution in [0.3, 0.4) is 0 Å². The second-order valence-electron chi connectivity index (χ2n) is 7.05. The molecule has 0 saturated carbocycles. The number of hydrogen-bond acceptors (Lipinski definition) is 2. The maximum absolute atomic E-state index is 14.8. The molecule has 0 saturated heterocycles. The molecule has 4 rings (SSSR count). The quantitative estimate of drug-likeness (QED) is 0.165. The smallest absolute Gasteiger partial charge is 0.203 e. The highest BCUT2D eigenvalue weighted by molar-refractivity contribution is 6.02. The molecule has 0 radical (unpaired) electrons. The molecule has 1 aromatic heterocycles. The van der Waals surface area contributed by atoms with Crippen LogP contribution >= 0.6 is 0 Å². The van der Waals surface area contributed by atoms with Gasteiger partial charge in [-0.2, -0.15) is 26.3 Å². The van der Waals surface area contributed by atoms with E-state index in [2.05, 4.69) is 10.2 Å². The fraction of sp³-hybridized carbons (Fsp3) is 0.0909. The summed E-state index contributed by atoms with van der Waals surface area (Å²) in [6.07, 6.45) is -9.41. The molecule has 0 fully saturated rings.